The summed E-state index contributed by atoms with van der Waals surface area (Å²) < 4.78 is 0. The van der Waals surface area contributed by atoms with Gasteiger partial charge in [-0.05, 0) is 43.5 Å². The van der Waals surface area contributed by atoms with Gasteiger partial charge < -0.3 is 5.73 Å². The van der Waals surface area contributed by atoms with Gasteiger partial charge in [0.2, 0.25) is 0 Å². The molecule has 0 saturated carbocycles. The van der Waals surface area contributed by atoms with Crippen LogP contribution in [-0.2, 0) is 6.42 Å². The van der Waals surface area contributed by atoms with Crippen molar-refractivity contribution in [2.24, 2.45) is 5.73 Å². The maximum Gasteiger partial charge on any atom is 0.265 e. The molecule has 1 fully saturated rings. The van der Waals surface area contributed by atoms with Crippen molar-refractivity contribution in [2.45, 2.75) is 25.7 Å². The van der Waals surface area contributed by atoms with Crippen LogP contribution >= 0.6 is 0 Å². The van der Waals surface area contributed by atoms with E-state index in [1.165, 1.54) is 6.42 Å². The highest BCUT2D eigenvalue weighted by molar-refractivity contribution is 5.94. The third kappa shape index (κ3) is 3.55. The molecule has 0 atom stereocenters. The molecular weight excluding hydrogens is 226 g/mol. The van der Waals surface area contributed by atoms with E-state index in [0.29, 0.717) is 12.1 Å². The Morgan fingerprint density at radius 1 is 1.28 bits per heavy atom. The minimum Gasteiger partial charge on any atom is -0.330 e. The Bertz CT molecular complexity index is 400. The molecule has 98 valence electrons. The van der Waals surface area contributed by atoms with Crippen LogP contribution in [0.5, 0.6) is 0 Å². The smallest absolute Gasteiger partial charge is 0.265 e. The molecule has 0 unspecified atom stereocenters. The summed E-state index contributed by atoms with van der Waals surface area (Å²) in [7, 11) is 0. The van der Waals surface area contributed by atoms with Crippen molar-refractivity contribution in [1.29, 1.82) is 0 Å². The molecule has 2 rings (SSSR count). The van der Waals surface area contributed by atoms with Crippen molar-refractivity contribution in [3.8, 4) is 0 Å². The summed E-state index contributed by atoms with van der Waals surface area (Å²) in [6, 6.07) is 7.69. The van der Waals surface area contributed by atoms with Gasteiger partial charge in [-0.15, -0.1) is 0 Å². The molecule has 1 aromatic carbocycles. The second kappa shape index (κ2) is 6.52. The number of piperidine rings is 1. The van der Waals surface area contributed by atoms with E-state index in [4.69, 9.17) is 5.73 Å². The van der Waals surface area contributed by atoms with Gasteiger partial charge >= 0.3 is 0 Å². The second-order valence-electron chi connectivity index (χ2n) is 4.73. The van der Waals surface area contributed by atoms with Gasteiger partial charge in [0, 0.05) is 18.7 Å². The third-order valence-electron chi connectivity index (χ3n) is 3.24. The first-order chi connectivity index (χ1) is 8.79. The topological polar surface area (TPSA) is 58.4 Å². The number of benzene rings is 1. The zero-order valence-electron chi connectivity index (χ0n) is 10.7. The van der Waals surface area contributed by atoms with Crippen LogP contribution in [-0.4, -0.2) is 30.6 Å². The van der Waals surface area contributed by atoms with Crippen molar-refractivity contribution in [3.63, 3.8) is 0 Å². The van der Waals surface area contributed by atoms with Crippen LogP contribution in [0.15, 0.2) is 24.3 Å². The molecule has 1 saturated heterocycles. The van der Waals surface area contributed by atoms with Crippen LogP contribution in [0.4, 0.5) is 0 Å². The van der Waals surface area contributed by atoms with E-state index >= 15 is 0 Å². The Labute approximate surface area is 108 Å². The van der Waals surface area contributed by atoms with Crippen molar-refractivity contribution >= 4 is 5.91 Å². The van der Waals surface area contributed by atoms with Gasteiger partial charge in [-0.1, -0.05) is 18.6 Å². The molecule has 0 aromatic heterocycles. The van der Waals surface area contributed by atoms with Crippen LogP contribution in [0.2, 0.25) is 0 Å². The molecular formula is C14H21N3O. The average molecular weight is 247 g/mol. The molecule has 0 bridgehead atoms. The minimum atomic E-state index is -0.0178. The van der Waals surface area contributed by atoms with Crippen LogP contribution < -0.4 is 11.2 Å². The SMILES string of the molecule is NCCc1cccc(C(=O)NN2CCCCC2)c1. The molecule has 1 aromatic rings. The molecule has 1 heterocycles. The van der Waals surface area contributed by atoms with Gasteiger partial charge in [-0.25, -0.2) is 5.01 Å². The van der Waals surface area contributed by atoms with Gasteiger partial charge in [0.05, 0.1) is 0 Å². The van der Waals surface area contributed by atoms with E-state index in [1.807, 2.05) is 29.3 Å². The predicted octanol–water partition coefficient (Wildman–Crippen LogP) is 1.32. The van der Waals surface area contributed by atoms with Crippen molar-refractivity contribution in [1.82, 2.24) is 10.4 Å². The van der Waals surface area contributed by atoms with E-state index < -0.39 is 0 Å². The zero-order chi connectivity index (χ0) is 12.8. The number of carbonyl (C=O) groups excluding carboxylic acids is 1. The monoisotopic (exact) mass is 247 g/mol. The largest absolute Gasteiger partial charge is 0.330 e. The molecule has 1 aliphatic heterocycles. The summed E-state index contributed by atoms with van der Waals surface area (Å²) in [6.07, 6.45) is 4.39. The summed E-state index contributed by atoms with van der Waals surface area (Å²) in [5.41, 5.74) is 10.3. The van der Waals surface area contributed by atoms with Crippen LogP contribution in [0.25, 0.3) is 0 Å². The quantitative estimate of drug-likeness (QED) is 0.843. The molecule has 4 nitrogen and oxygen atoms in total. The number of carbonyl (C=O) groups is 1. The highest BCUT2D eigenvalue weighted by Crippen LogP contribution is 2.09. The fourth-order valence-corrected chi connectivity index (χ4v) is 2.25. The van der Waals surface area contributed by atoms with E-state index in [-0.39, 0.29) is 5.91 Å². The van der Waals surface area contributed by atoms with Crippen molar-refractivity contribution in [2.75, 3.05) is 19.6 Å². The van der Waals surface area contributed by atoms with E-state index in [2.05, 4.69) is 5.43 Å². The molecule has 4 heteroatoms. The highest BCUT2D eigenvalue weighted by Gasteiger charge is 2.13. The number of hydrogen-bond acceptors (Lipinski definition) is 3. The Kier molecular flexibility index (Phi) is 4.73. The van der Waals surface area contributed by atoms with E-state index in [9.17, 15) is 4.79 Å². The summed E-state index contributed by atoms with van der Waals surface area (Å²) in [6.45, 7) is 2.51. The summed E-state index contributed by atoms with van der Waals surface area (Å²) in [5, 5.41) is 2.02. The lowest BCUT2D eigenvalue weighted by Gasteiger charge is -2.26. The molecule has 0 radical (unpaired) electrons. The first-order valence-electron chi connectivity index (χ1n) is 6.64. The van der Waals surface area contributed by atoms with Gasteiger partial charge in [-0.3, -0.25) is 10.2 Å². The summed E-state index contributed by atoms with van der Waals surface area (Å²) >= 11 is 0. The number of nitrogens with one attached hydrogen (secondary N) is 1. The fraction of sp³-hybridized carbons (Fsp3) is 0.500. The zero-order valence-corrected chi connectivity index (χ0v) is 10.7. The van der Waals surface area contributed by atoms with Crippen LogP contribution in [0, 0.1) is 0 Å². The van der Waals surface area contributed by atoms with Gasteiger partial charge in [0.15, 0.2) is 0 Å². The molecule has 18 heavy (non-hydrogen) atoms. The number of amides is 1. The molecule has 3 N–H and O–H groups in total. The number of rotatable bonds is 4. The lowest BCUT2D eigenvalue weighted by atomic mass is 10.1. The maximum atomic E-state index is 12.1. The molecule has 1 aliphatic rings. The van der Waals surface area contributed by atoms with Crippen LogP contribution in [0.3, 0.4) is 0 Å². The van der Waals surface area contributed by atoms with E-state index in [0.717, 1.165) is 37.9 Å². The Morgan fingerprint density at radius 3 is 2.78 bits per heavy atom. The predicted molar refractivity (Wildman–Crippen MR) is 72.1 cm³/mol. The minimum absolute atomic E-state index is 0.0178. The lowest BCUT2D eigenvalue weighted by Crippen LogP contribution is -2.45. The standard InChI is InChI=1S/C14H21N3O/c15-8-7-12-5-4-6-13(11-12)14(18)16-17-9-2-1-3-10-17/h4-6,11H,1-3,7-10,15H2,(H,16,18). The lowest BCUT2D eigenvalue weighted by molar-refractivity contribution is 0.0750. The number of hydrogen-bond donors (Lipinski definition) is 2. The molecule has 0 spiro atoms. The number of hydrazine groups is 1. The Balaban J connectivity index is 1.96. The first-order valence-corrected chi connectivity index (χ1v) is 6.64. The van der Waals surface area contributed by atoms with Crippen molar-refractivity contribution < 1.29 is 4.79 Å². The summed E-state index contributed by atoms with van der Waals surface area (Å²) in [5.74, 6) is -0.0178. The van der Waals surface area contributed by atoms with Crippen molar-refractivity contribution in [3.05, 3.63) is 35.4 Å². The number of nitrogens with zero attached hydrogens (tertiary/aromatic N) is 1. The van der Waals surface area contributed by atoms with Gasteiger partial charge in [0.1, 0.15) is 0 Å². The Morgan fingerprint density at radius 2 is 2.06 bits per heavy atom. The highest BCUT2D eigenvalue weighted by atomic mass is 16.2. The molecule has 1 amide bonds. The first kappa shape index (κ1) is 13.1. The van der Waals surface area contributed by atoms with Gasteiger partial charge in [-0.2, -0.15) is 0 Å². The van der Waals surface area contributed by atoms with Gasteiger partial charge in [0.25, 0.3) is 5.91 Å². The van der Waals surface area contributed by atoms with Crippen LogP contribution in [0.1, 0.15) is 35.2 Å². The Hall–Kier alpha value is -1.39. The normalized spacial score (nSPS) is 16.5. The molecule has 0 aliphatic carbocycles. The summed E-state index contributed by atoms with van der Waals surface area (Å²) in [4.78, 5) is 12.1. The second-order valence-corrected chi connectivity index (χ2v) is 4.73. The maximum absolute atomic E-state index is 12.1. The average Bonchev–Trinajstić information content (AvgIpc) is 2.40. The van der Waals surface area contributed by atoms with E-state index in [1.54, 1.807) is 0 Å². The number of nitrogens with two attached hydrogens (primary N) is 1. The fourth-order valence-electron chi connectivity index (χ4n) is 2.25. The third-order valence-corrected chi connectivity index (χ3v) is 3.24.